The molecule has 3 atom stereocenters. The lowest BCUT2D eigenvalue weighted by molar-refractivity contribution is -0.163. The first-order chi connectivity index (χ1) is 7.53. The van der Waals surface area contributed by atoms with Gasteiger partial charge in [0.25, 0.3) is 0 Å². The van der Waals surface area contributed by atoms with Crippen molar-refractivity contribution in [2.45, 2.75) is 51.6 Å². The van der Waals surface area contributed by atoms with Crippen LogP contribution in [0.25, 0.3) is 0 Å². The average molecular weight is 242 g/mol. The molecule has 0 N–H and O–H groups in total. The number of hydrogen-bond acceptors (Lipinski definition) is 3. The minimum absolute atomic E-state index is 0.0947. The third-order valence-electron chi connectivity index (χ3n) is 4.32. The molecule has 2 nitrogen and oxygen atoms in total. The molecule has 92 valence electrons. The highest BCUT2D eigenvalue weighted by molar-refractivity contribution is 7.80. The van der Waals surface area contributed by atoms with Crippen molar-refractivity contribution < 1.29 is 9.53 Å². The number of fused-ring (bicyclic) bond motifs is 2. The molecule has 0 radical (unpaired) electrons. The van der Waals surface area contributed by atoms with Crippen molar-refractivity contribution >= 4 is 18.6 Å². The number of carbonyl (C=O) groups is 1. The highest BCUT2D eigenvalue weighted by Crippen LogP contribution is 2.52. The molecule has 2 saturated carbocycles. The van der Waals surface area contributed by atoms with Crippen molar-refractivity contribution in [2.24, 2.45) is 17.8 Å². The van der Waals surface area contributed by atoms with Crippen molar-refractivity contribution in [3.05, 3.63) is 0 Å². The van der Waals surface area contributed by atoms with Gasteiger partial charge in [-0.25, -0.2) is 0 Å². The molecule has 0 saturated heterocycles. The van der Waals surface area contributed by atoms with Crippen LogP contribution in [-0.4, -0.2) is 17.3 Å². The molecule has 0 aliphatic heterocycles. The summed E-state index contributed by atoms with van der Waals surface area (Å²) in [4.78, 5) is 11.6. The van der Waals surface area contributed by atoms with Gasteiger partial charge in [-0.05, 0) is 44.9 Å². The monoisotopic (exact) mass is 242 g/mol. The van der Waals surface area contributed by atoms with Gasteiger partial charge in [-0.1, -0.05) is 6.42 Å². The lowest BCUT2D eigenvalue weighted by Crippen LogP contribution is -2.39. The third kappa shape index (κ3) is 2.39. The molecule has 2 aliphatic carbocycles. The van der Waals surface area contributed by atoms with Gasteiger partial charge in [0.05, 0.1) is 6.42 Å². The van der Waals surface area contributed by atoms with E-state index in [-0.39, 0.29) is 11.6 Å². The Balaban J connectivity index is 1.94. The molecule has 0 heterocycles. The molecule has 2 bridgehead atoms. The second-order valence-electron chi connectivity index (χ2n) is 5.83. The predicted molar refractivity (Wildman–Crippen MR) is 67.6 cm³/mol. The molecule has 0 aromatic rings. The lowest BCUT2D eigenvalue weighted by atomic mass is 9.78. The Labute approximate surface area is 104 Å². The SMILES string of the molecule is CC(C)(OC(=O)CCS)C1CC2CCC1C2. The van der Waals surface area contributed by atoms with Crippen LogP contribution in [0.15, 0.2) is 0 Å². The first-order valence-electron chi connectivity index (χ1n) is 6.35. The molecule has 2 aliphatic rings. The predicted octanol–water partition coefficient (Wildman–Crippen LogP) is 3.06. The molecule has 2 fully saturated rings. The van der Waals surface area contributed by atoms with Crippen LogP contribution in [0.1, 0.15) is 46.0 Å². The second kappa shape index (κ2) is 4.59. The molecular weight excluding hydrogens is 220 g/mol. The Bertz CT molecular complexity index is 275. The van der Waals surface area contributed by atoms with Gasteiger partial charge in [-0.2, -0.15) is 12.6 Å². The molecule has 16 heavy (non-hydrogen) atoms. The van der Waals surface area contributed by atoms with E-state index in [4.69, 9.17) is 4.74 Å². The summed E-state index contributed by atoms with van der Waals surface area (Å²) in [5.41, 5.74) is -0.278. The third-order valence-corrected chi connectivity index (χ3v) is 4.55. The van der Waals surface area contributed by atoms with Gasteiger partial charge < -0.3 is 4.74 Å². The van der Waals surface area contributed by atoms with E-state index in [0.29, 0.717) is 18.1 Å². The normalized spacial score (nSPS) is 33.1. The Hall–Kier alpha value is -0.180. The van der Waals surface area contributed by atoms with E-state index in [1.807, 2.05) is 0 Å². The molecule has 0 amide bonds. The van der Waals surface area contributed by atoms with E-state index < -0.39 is 0 Å². The Morgan fingerprint density at radius 3 is 2.62 bits per heavy atom. The zero-order chi connectivity index (χ0) is 11.8. The van der Waals surface area contributed by atoms with Crippen LogP contribution in [0, 0.1) is 17.8 Å². The minimum Gasteiger partial charge on any atom is -0.459 e. The molecule has 0 aromatic heterocycles. The topological polar surface area (TPSA) is 26.3 Å². The van der Waals surface area contributed by atoms with Crippen LogP contribution in [-0.2, 0) is 9.53 Å². The summed E-state index contributed by atoms with van der Waals surface area (Å²) in [7, 11) is 0. The van der Waals surface area contributed by atoms with Crippen LogP contribution in [0.4, 0.5) is 0 Å². The summed E-state index contributed by atoms with van der Waals surface area (Å²) in [6.07, 6.45) is 5.77. The lowest BCUT2D eigenvalue weighted by Gasteiger charge is -2.36. The Kier molecular flexibility index (Phi) is 3.53. The molecule has 3 heteroatoms. The highest BCUT2D eigenvalue weighted by Gasteiger charge is 2.48. The summed E-state index contributed by atoms with van der Waals surface area (Å²) in [6.45, 7) is 4.16. The summed E-state index contributed by atoms with van der Waals surface area (Å²) in [5.74, 6) is 2.76. The van der Waals surface area contributed by atoms with Gasteiger partial charge in [-0.15, -0.1) is 0 Å². The fraction of sp³-hybridized carbons (Fsp3) is 0.923. The standard InChI is InChI=1S/C13H22O2S/c1-13(2,15-12(14)5-6-16)11-8-9-3-4-10(11)7-9/h9-11,16H,3-8H2,1-2H3. The maximum atomic E-state index is 11.6. The van der Waals surface area contributed by atoms with E-state index in [1.165, 1.54) is 25.7 Å². The number of thiol groups is 1. The summed E-state index contributed by atoms with van der Waals surface area (Å²) < 4.78 is 5.63. The van der Waals surface area contributed by atoms with Crippen molar-refractivity contribution in [2.75, 3.05) is 5.75 Å². The molecular formula is C13H22O2S. The fourth-order valence-electron chi connectivity index (χ4n) is 3.61. The quantitative estimate of drug-likeness (QED) is 0.606. The van der Waals surface area contributed by atoms with Crippen molar-refractivity contribution in [3.8, 4) is 0 Å². The van der Waals surface area contributed by atoms with Gasteiger partial charge in [0.1, 0.15) is 5.60 Å². The number of ether oxygens (including phenoxy) is 1. The average Bonchev–Trinajstić information content (AvgIpc) is 2.77. The zero-order valence-electron chi connectivity index (χ0n) is 10.2. The maximum Gasteiger partial charge on any atom is 0.307 e. The number of hydrogen-bond donors (Lipinski definition) is 1. The first-order valence-corrected chi connectivity index (χ1v) is 6.99. The van der Waals surface area contributed by atoms with Crippen LogP contribution in [0.2, 0.25) is 0 Å². The van der Waals surface area contributed by atoms with Crippen molar-refractivity contribution in [1.82, 2.24) is 0 Å². The largest absolute Gasteiger partial charge is 0.459 e. The van der Waals surface area contributed by atoms with Gasteiger partial charge in [0, 0.05) is 11.7 Å². The van der Waals surface area contributed by atoms with Gasteiger partial charge in [0.2, 0.25) is 0 Å². The van der Waals surface area contributed by atoms with Crippen molar-refractivity contribution in [1.29, 1.82) is 0 Å². The molecule has 3 unspecified atom stereocenters. The summed E-state index contributed by atoms with van der Waals surface area (Å²) >= 11 is 4.06. The minimum atomic E-state index is -0.278. The molecule has 2 rings (SSSR count). The number of rotatable bonds is 4. The fourth-order valence-corrected chi connectivity index (χ4v) is 3.79. The van der Waals surface area contributed by atoms with Gasteiger partial charge >= 0.3 is 5.97 Å². The summed E-state index contributed by atoms with van der Waals surface area (Å²) in [5, 5.41) is 0. The van der Waals surface area contributed by atoms with E-state index in [0.717, 1.165) is 11.8 Å². The first kappa shape index (κ1) is 12.3. The van der Waals surface area contributed by atoms with Gasteiger partial charge in [0.15, 0.2) is 0 Å². The smallest absolute Gasteiger partial charge is 0.307 e. The number of carbonyl (C=O) groups excluding carboxylic acids is 1. The Morgan fingerprint density at radius 1 is 1.38 bits per heavy atom. The molecule has 0 spiro atoms. The maximum absolute atomic E-state index is 11.6. The second-order valence-corrected chi connectivity index (χ2v) is 6.28. The van der Waals surface area contributed by atoms with Crippen LogP contribution >= 0.6 is 12.6 Å². The Morgan fingerprint density at radius 2 is 2.12 bits per heavy atom. The van der Waals surface area contributed by atoms with Crippen molar-refractivity contribution in [3.63, 3.8) is 0 Å². The highest BCUT2D eigenvalue weighted by atomic mass is 32.1. The van der Waals surface area contributed by atoms with E-state index >= 15 is 0 Å². The zero-order valence-corrected chi connectivity index (χ0v) is 11.1. The van der Waals surface area contributed by atoms with Crippen LogP contribution in [0.5, 0.6) is 0 Å². The number of esters is 1. The van der Waals surface area contributed by atoms with Crippen LogP contribution in [0.3, 0.4) is 0 Å². The molecule has 0 aromatic carbocycles. The van der Waals surface area contributed by atoms with E-state index in [1.54, 1.807) is 0 Å². The summed E-state index contributed by atoms with van der Waals surface area (Å²) in [6, 6.07) is 0. The van der Waals surface area contributed by atoms with Gasteiger partial charge in [-0.3, -0.25) is 4.79 Å². The van der Waals surface area contributed by atoms with E-state index in [2.05, 4.69) is 26.5 Å². The van der Waals surface area contributed by atoms with Crippen LogP contribution < -0.4 is 0 Å². The van der Waals surface area contributed by atoms with E-state index in [9.17, 15) is 4.79 Å².